The van der Waals surface area contributed by atoms with E-state index in [1.54, 1.807) is 0 Å². The molecule has 2 heteroatoms. The maximum Gasteiger partial charge on any atom is 0.0370 e. The first-order valence-corrected chi connectivity index (χ1v) is 7.80. The van der Waals surface area contributed by atoms with Crippen LogP contribution in [0, 0.1) is 0 Å². The van der Waals surface area contributed by atoms with Crippen molar-refractivity contribution in [1.29, 1.82) is 0 Å². The lowest BCUT2D eigenvalue weighted by Gasteiger charge is -2.12. The number of nitrogens with one attached hydrogen (secondary N) is 2. The molecule has 0 aromatic heterocycles. The van der Waals surface area contributed by atoms with Crippen LogP contribution in [-0.2, 0) is 19.3 Å². The summed E-state index contributed by atoms with van der Waals surface area (Å²) in [7, 11) is 3.97. The van der Waals surface area contributed by atoms with E-state index in [9.17, 15) is 0 Å². The van der Waals surface area contributed by atoms with Crippen LogP contribution in [0.1, 0.15) is 36.1 Å². The molecule has 0 spiro atoms. The minimum absolute atomic E-state index is 0.994. The molecule has 0 saturated carbocycles. The quantitative estimate of drug-likeness (QED) is 0.816. The van der Waals surface area contributed by atoms with Crippen molar-refractivity contribution in [1.82, 2.24) is 0 Å². The summed E-state index contributed by atoms with van der Waals surface area (Å²) in [6.45, 7) is 4.41. The van der Waals surface area contributed by atoms with Crippen molar-refractivity contribution in [2.45, 2.75) is 33.1 Å². The standard InChI is InChI=1S/C19H26N2/c1-5-16-12-14(7-9-18(16)20-3)11-15-8-10-19(21-4)17(6-2)13-15/h7-10,12-13,20-21H,5-6,11H2,1-4H3. The van der Waals surface area contributed by atoms with Gasteiger partial charge in [-0.05, 0) is 53.6 Å². The van der Waals surface area contributed by atoms with Crippen LogP contribution in [0.2, 0.25) is 0 Å². The van der Waals surface area contributed by atoms with Crippen LogP contribution < -0.4 is 10.6 Å². The predicted octanol–water partition coefficient (Wildman–Crippen LogP) is 4.49. The second-order valence-corrected chi connectivity index (χ2v) is 5.37. The van der Waals surface area contributed by atoms with Crippen molar-refractivity contribution in [3.8, 4) is 0 Å². The monoisotopic (exact) mass is 282 g/mol. The Labute approximate surface area is 128 Å². The second-order valence-electron chi connectivity index (χ2n) is 5.37. The van der Waals surface area contributed by atoms with E-state index in [1.807, 2.05) is 14.1 Å². The number of hydrogen-bond donors (Lipinski definition) is 2. The normalized spacial score (nSPS) is 10.5. The molecule has 2 aromatic rings. The molecule has 0 unspecified atom stereocenters. The highest BCUT2D eigenvalue weighted by atomic mass is 14.8. The molecule has 2 aromatic carbocycles. The fraction of sp³-hybridized carbons (Fsp3) is 0.368. The van der Waals surface area contributed by atoms with Crippen molar-refractivity contribution in [3.05, 3.63) is 58.7 Å². The lowest BCUT2D eigenvalue weighted by molar-refractivity contribution is 1.09. The number of anilines is 2. The highest BCUT2D eigenvalue weighted by Crippen LogP contribution is 2.22. The maximum atomic E-state index is 3.26. The molecule has 0 aliphatic heterocycles. The third kappa shape index (κ3) is 3.57. The molecule has 112 valence electrons. The van der Waals surface area contributed by atoms with Crippen LogP contribution in [0.25, 0.3) is 0 Å². The Kier molecular flexibility index (Phi) is 5.26. The Morgan fingerprint density at radius 3 is 1.48 bits per heavy atom. The Bertz CT molecular complexity index is 549. The summed E-state index contributed by atoms with van der Waals surface area (Å²) in [5.41, 5.74) is 8.01. The van der Waals surface area contributed by atoms with Gasteiger partial charge in [-0.3, -0.25) is 0 Å². The average Bonchev–Trinajstić information content (AvgIpc) is 2.54. The van der Waals surface area contributed by atoms with Gasteiger partial charge < -0.3 is 10.6 Å². The van der Waals surface area contributed by atoms with Gasteiger partial charge in [-0.2, -0.15) is 0 Å². The molecule has 21 heavy (non-hydrogen) atoms. The molecule has 2 rings (SSSR count). The summed E-state index contributed by atoms with van der Waals surface area (Å²) in [4.78, 5) is 0. The third-order valence-corrected chi connectivity index (χ3v) is 4.05. The van der Waals surface area contributed by atoms with Gasteiger partial charge in [0.1, 0.15) is 0 Å². The van der Waals surface area contributed by atoms with Gasteiger partial charge in [0.25, 0.3) is 0 Å². The van der Waals surface area contributed by atoms with Crippen molar-refractivity contribution < 1.29 is 0 Å². The molecule has 0 fully saturated rings. The van der Waals surface area contributed by atoms with E-state index in [0.717, 1.165) is 19.3 Å². The summed E-state index contributed by atoms with van der Waals surface area (Å²) in [6.07, 6.45) is 3.11. The molecule has 0 aliphatic carbocycles. The average molecular weight is 282 g/mol. The summed E-state index contributed by atoms with van der Waals surface area (Å²) in [6, 6.07) is 13.5. The summed E-state index contributed by atoms with van der Waals surface area (Å²) >= 11 is 0. The first-order chi connectivity index (χ1) is 10.2. The zero-order chi connectivity index (χ0) is 15.2. The Morgan fingerprint density at radius 1 is 0.714 bits per heavy atom. The van der Waals surface area contributed by atoms with E-state index in [4.69, 9.17) is 0 Å². The van der Waals surface area contributed by atoms with E-state index in [0.29, 0.717) is 0 Å². The maximum absolute atomic E-state index is 3.26. The van der Waals surface area contributed by atoms with E-state index in [2.05, 4.69) is 60.9 Å². The van der Waals surface area contributed by atoms with Crippen LogP contribution in [0.15, 0.2) is 36.4 Å². The highest BCUT2D eigenvalue weighted by molar-refractivity contribution is 5.55. The molecule has 0 bridgehead atoms. The molecular formula is C19H26N2. The summed E-state index contributed by atoms with van der Waals surface area (Å²) in [5.74, 6) is 0. The molecule has 2 nitrogen and oxygen atoms in total. The number of hydrogen-bond acceptors (Lipinski definition) is 2. The fourth-order valence-electron chi connectivity index (χ4n) is 2.82. The van der Waals surface area contributed by atoms with Crippen LogP contribution >= 0.6 is 0 Å². The van der Waals surface area contributed by atoms with Gasteiger partial charge in [-0.1, -0.05) is 38.1 Å². The zero-order valence-corrected chi connectivity index (χ0v) is 13.6. The van der Waals surface area contributed by atoms with Gasteiger partial charge >= 0.3 is 0 Å². The number of benzene rings is 2. The van der Waals surface area contributed by atoms with Gasteiger partial charge in [0, 0.05) is 25.5 Å². The second kappa shape index (κ2) is 7.16. The van der Waals surface area contributed by atoms with E-state index in [-0.39, 0.29) is 0 Å². The van der Waals surface area contributed by atoms with Gasteiger partial charge in [0.15, 0.2) is 0 Å². The Balaban J connectivity index is 2.25. The zero-order valence-electron chi connectivity index (χ0n) is 13.6. The van der Waals surface area contributed by atoms with Gasteiger partial charge in [0.2, 0.25) is 0 Å². The minimum Gasteiger partial charge on any atom is -0.388 e. The first-order valence-electron chi connectivity index (χ1n) is 7.80. The molecule has 0 aliphatic rings. The van der Waals surface area contributed by atoms with Crippen LogP contribution in [0.5, 0.6) is 0 Å². The molecule has 0 amide bonds. The summed E-state index contributed by atoms with van der Waals surface area (Å²) in [5, 5.41) is 6.53. The van der Waals surface area contributed by atoms with Crippen molar-refractivity contribution in [2.24, 2.45) is 0 Å². The lowest BCUT2D eigenvalue weighted by atomic mass is 9.98. The predicted molar refractivity (Wildman–Crippen MR) is 93.5 cm³/mol. The van der Waals surface area contributed by atoms with Gasteiger partial charge in [0.05, 0.1) is 0 Å². The molecule has 0 radical (unpaired) electrons. The molecule has 0 atom stereocenters. The smallest absolute Gasteiger partial charge is 0.0370 e. The van der Waals surface area contributed by atoms with Crippen LogP contribution in [-0.4, -0.2) is 14.1 Å². The Morgan fingerprint density at radius 2 is 1.14 bits per heavy atom. The van der Waals surface area contributed by atoms with E-state index in [1.165, 1.54) is 33.6 Å². The molecule has 0 saturated heterocycles. The number of aryl methyl sites for hydroxylation is 2. The first kappa shape index (κ1) is 15.4. The lowest BCUT2D eigenvalue weighted by Crippen LogP contribution is -1.99. The largest absolute Gasteiger partial charge is 0.388 e. The van der Waals surface area contributed by atoms with Crippen LogP contribution in [0.3, 0.4) is 0 Å². The van der Waals surface area contributed by atoms with Gasteiger partial charge in [-0.25, -0.2) is 0 Å². The topological polar surface area (TPSA) is 24.1 Å². The fourth-order valence-corrected chi connectivity index (χ4v) is 2.82. The molecule has 0 heterocycles. The Hall–Kier alpha value is -1.96. The molecule has 2 N–H and O–H groups in total. The van der Waals surface area contributed by atoms with E-state index >= 15 is 0 Å². The third-order valence-electron chi connectivity index (χ3n) is 4.05. The summed E-state index contributed by atoms with van der Waals surface area (Å²) < 4.78 is 0. The van der Waals surface area contributed by atoms with Crippen molar-refractivity contribution in [2.75, 3.05) is 24.7 Å². The van der Waals surface area contributed by atoms with Crippen molar-refractivity contribution in [3.63, 3.8) is 0 Å². The molecular weight excluding hydrogens is 256 g/mol. The van der Waals surface area contributed by atoms with E-state index < -0.39 is 0 Å². The SMILES string of the molecule is CCc1cc(Cc2ccc(NC)c(CC)c2)ccc1NC. The van der Waals surface area contributed by atoms with Gasteiger partial charge in [-0.15, -0.1) is 0 Å². The highest BCUT2D eigenvalue weighted by Gasteiger charge is 2.05. The van der Waals surface area contributed by atoms with Crippen molar-refractivity contribution >= 4 is 11.4 Å². The van der Waals surface area contributed by atoms with Crippen LogP contribution in [0.4, 0.5) is 11.4 Å². The number of rotatable bonds is 6. The minimum atomic E-state index is 0.994.